The summed E-state index contributed by atoms with van der Waals surface area (Å²) in [7, 11) is -2.69. The smallest absolute Gasteiger partial charge is 0.302 e. The molecule has 12 nitrogen and oxygen atoms in total. The quantitative estimate of drug-likeness (QED) is 0.0252. The van der Waals surface area contributed by atoms with Crippen LogP contribution in [0.4, 0.5) is 5.82 Å². The summed E-state index contributed by atoms with van der Waals surface area (Å²) in [5, 5.41) is 9.54. The SMILES string of the molecule is C=C(OCC)c1c(-c2cnn(CCOC(C)=O)c2)nc2c(-c3ccc(-c4ccccc4)nc3)cnn2c1N(COCC[Si](C)(C)C)COCC[Si](C)(C)C. The number of aromatic nitrogens is 6. The zero-order chi connectivity index (χ0) is 38.9. The molecule has 1 aromatic carbocycles. The van der Waals surface area contributed by atoms with Gasteiger partial charge in [-0.05, 0) is 25.1 Å². The number of anilines is 1. The Bertz CT molecular complexity index is 1980. The van der Waals surface area contributed by atoms with Crippen LogP contribution < -0.4 is 4.90 Å². The van der Waals surface area contributed by atoms with Crippen LogP contribution in [-0.2, 0) is 30.3 Å². The molecule has 4 aromatic heterocycles. The monoisotopic (exact) mass is 769 g/mol. The van der Waals surface area contributed by atoms with Crippen LogP contribution in [0.25, 0.3) is 45.0 Å². The summed E-state index contributed by atoms with van der Waals surface area (Å²) >= 11 is 0. The second-order valence-electron chi connectivity index (χ2n) is 15.7. The fraction of sp³-hybridized carbons (Fsp3) is 0.425. The predicted molar refractivity (Wildman–Crippen MR) is 221 cm³/mol. The minimum absolute atomic E-state index is 0.197. The fourth-order valence-electron chi connectivity index (χ4n) is 5.68. The molecule has 0 aliphatic carbocycles. The van der Waals surface area contributed by atoms with Gasteiger partial charge in [-0.25, -0.2) is 4.98 Å². The van der Waals surface area contributed by atoms with Gasteiger partial charge in [-0.3, -0.25) is 14.5 Å². The number of rotatable bonds is 20. The Kier molecular flexibility index (Phi) is 13.6. The average molecular weight is 770 g/mol. The van der Waals surface area contributed by atoms with Gasteiger partial charge in [0.05, 0.1) is 42.5 Å². The topological polar surface area (TPSA) is 118 Å². The number of fused-ring (bicyclic) bond motifs is 1. The third kappa shape index (κ3) is 11.0. The molecule has 54 heavy (non-hydrogen) atoms. The van der Waals surface area contributed by atoms with Crippen molar-refractivity contribution in [2.75, 3.05) is 44.8 Å². The number of hydrogen-bond acceptors (Lipinski definition) is 10. The zero-order valence-electron chi connectivity index (χ0n) is 33.1. The van der Waals surface area contributed by atoms with Gasteiger partial charge in [-0.2, -0.15) is 14.7 Å². The van der Waals surface area contributed by atoms with Crippen LogP contribution in [0.2, 0.25) is 51.4 Å². The summed E-state index contributed by atoms with van der Waals surface area (Å²) in [5.41, 5.74) is 6.20. The maximum Gasteiger partial charge on any atom is 0.302 e. The molecule has 0 aliphatic rings. The predicted octanol–water partition coefficient (Wildman–Crippen LogP) is 8.32. The van der Waals surface area contributed by atoms with Gasteiger partial charge in [-0.15, -0.1) is 0 Å². The number of ether oxygens (including phenoxy) is 4. The summed E-state index contributed by atoms with van der Waals surface area (Å²) in [6.45, 7) is 24.5. The molecule has 0 unspecified atom stereocenters. The molecule has 0 amide bonds. The van der Waals surface area contributed by atoms with E-state index < -0.39 is 16.1 Å². The molecule has 5 rings (SSSR count). The number of benzene rings is 1. The van der Waals surface area contributed by atoms with Crippen molar-refractivity contribution in [3.05, 3.63) is 79.4 Å². The van der Waals surface area contributed by atoms with Crippen molar-refractivity contribution in [1.29, 1.82) is 0 Å². The first-order chi connectivity index (χ1) is 25.7. The lowest BCUT2D eigenvalue weighted by atomic mass is 10.1. The van der Waals surface area contributed by atoms with Crippen molar-refractivity contribution in [2.24, 2.45) is 0 Å². The Morgan fingerprint density at radius 3 is 2.09 bits per heavy atom. The number of esters is 1. The van der Waals surface area contributed by atoms with Crippen LogP contribution in [0.3, 0.4) is 0 Å². The molecule has 0 spiro atoms. The average Bonchev–Trinajstić information content (AvgIpc) is 3.77. The van der Waals surface area contributed by atoms with E-state index in [0.717, 1.165) is 40.0 Å². The maximum absolute atomic E-state index is 11.4. The molecule has 0 fully saturated rings. The van der Waals surface area contributed by atoms with E-state index in [-0.39, 0.29) is 26.0 Å². The van der Waals surface area contributed by atoms with Crippen LogP contribution in [0.1, 0.15) is 19.4 Å². The van der Waals surface area contributed by atoms with Crippen LogP contribution in [0.5, 0.6) is 0 Å². The van der Waals surface area contributed by atoms with Crippen molar-refractivity contribution in [3.8, 4) is 33.6 Å². The summed E-state index contributed by atoms with van der Waals surface area (Å²) in [4.78, 5) is 23.6. The first-order valence-corrected chi connectivity index (χ1v) is 26.0. The molecule has 4 heterocycles. The van der Waals surface area contributed by atoms with E-state index in [0.29, 0.717) is 54.8 Å². The Morgan fingerprint density at radius 2 is 1.50 bits per heavy atom. The third-order valence-corrected chi connectivity index (χ3v) is 12.1. The highest BCUT2D eigenvalue weighted by atomic mass is 28.3. The van der Waals surface area contributed by atoms with Gasteiger partial charge in [0, 0.05) is 70.9 Å². The van der Waals surface area contributed by atoms with Gasteiger partial charge in [-0.1, -0.05) is 82.3 Å². The zero-order valence-corrected chi connectivity index (χ0v) is 35.1. The Hall–Kier alpha value is -4.64. The minimum Gasteiger partial charge on any atom is -0.494 e. The van der Waals surface area contributed by atoms with Crippen molar-refractivity contribution in [1.82, 2.24) is 29.4 Å². The van der Waals surface area contributed by atoms with Crippen molar-refractivity contribution in [2.45, 2.75) is 71.8 Å². The fourth-order valence-corrected chi connectivity index (χ4v) is 7.19. The largest absolute Gasteiger partial charge is 0.494 e. The lowest BCUT2D eigenvalue weighted by Crippen LogP contribution is -2.34. The summed E-state index contributed by atoms with van der Waals surface area (Å²) in [6, 6.07) is 16.2. The number of carbonyl (C=O) groups is 1. The first-order valence-electron chi connectivity index (χ1n) is 18.6. The van der Waals surface area contributed by atoms with E-state index in [1.807, 2.05) is 72.5 Å². The van der Waals surface area contributed by atoms with Gasteiger partial charge >= 0.3 is 5.97 Å². The minimum atomic E-state index is -1.35. The van der Waals surface area contributed by atoms with Crippen molar-refractivity contribution >= 4 is 39.3 Å². The van der Waals surface area contributed by atoms with Gasteiger partial charge in [0.25, 0.3) is 0 Å². The highest BCUT2D eigenvalue weighted by Crippen LogP contribution is 2.38. The van der Waals surface area contributed by atoms with E-state index in [1.165, 1.54) is 6.92 Å². The third-order valence-electron chi connectivity index (χ3n) is 8.68. The molecule has 288 valence electrons. The lowest BCUT2D eigenvalue weighted by molar-refractivity contribution is -0.141. The summed E-state index contributed by atoms with van der Waals surface area (Å²) in [5.74, 6) is 0.778. The van der Waals surface area contributed by atoms with Gasteiger partial charge in [0.2, 0.25) is 0 Å². The van der Waals surface area contributed by atoms with Crippen LogP contribution in [0.15, 0.2) is 73.8 Å². The molecule has 14 heteroatoms. The van der Waals surface area contributed by atoms with Gasteiger partial charge in [0.15, 0.2) is 5.65 Å². The molecule has 0 N–H and O–H groups in total. The Labute approximate surface area is 321 Å². The maximum atomic E-state index is 11.4. The van der Waals surface area contributed by atoms with E-state index in [2.05, 4.69) is 55.9 Å². The normalized spacial score (nSPS) is 11.9. The van der Waals surface area contributed by atoms with Crippen LogP contribution in [-0.4, -0.2) is 91.4 Å². The van der Waals surface area contributed by atoms with Crippen LogP contribution >= 0.6 is 0 Å². The molecular formula is C40H55N7O5Si2. The highest BCUT2D eigenvalue weighted by Gasteiger charge is 2.28. The number of carbonyl (C=O) groups excluding carboxylic acids is 1. The highest BCUT2D eigenvalue weighted by molar-refractivity contribution is 6.76. The second kappa shape index (κ2) is 18.1. The summed E-state index contributed by atoms with van der Waals surface area (Å²) < 4.78 is 27.7. The van der Waals surface area contributed by atoms with E-state index in [1.54, 1.807) is 10.9 Å². The van der Waals surface area contributed by atoms with E-state index in [4.69, 9.17) is 34.0 Å². The van der Waals surface area contributed by atoms with E-state index >= 15 is 0 Å². The number of nitrogens with zero attached hydrogens (tertiary/aromatic N) is 7. The molecule has 0 bridgehead atoms. The van der Waals surface area contributed by atoms with Crippen molar-refractivity contribution in [3.63, 3.8) is 0 Å². The lowest BCUT2D eigenvalue weighted by Gasteiger charge is -2.29. The van der Waals surface area contributed by atoms with Gasteiger partial charge < -0.3 is 23.8 Å². The van der Waals surface area contributed by atoms with Crippen molar-refractivity contribution < 1.29 is 23.7 Å². The van der Waals surface area contributed by atoms with E-state index in [9.17, 15) is 4.79 Å². The molecule has 0 atom stereocenters. The molecule has 0 radical (unpaired) electrons. The standard InChI is InChI=1S/C40H55N7O5Si2/c1-10-51-30(2)37-38(34-25-42-46(27-34)18-19-52-31(3)48)44-39-35(33-16-17-36(41-24-33)32-14-12-11-13-15-32)26-43-47(39)40(37)45(28-49-20-22-53(4,5)6)29-50-21-23-54(7,8)9/h11-17,24-27H,2,10,18-23,28-29H2,1,3-9H3. The number of pyridine rings is 1. The second-order valence-corrected chi connectivity index (χ2v) is 26.9. The van der Waals surface area contributed by atoms with Crippen LogP contribution in [0, 0.1) is 0 Å². The molecule has 0 aliphatic heterocycles. The summed E-state index contributed by atoms with van der Waals surface area (Å²) in [6.07, 6.45) is 7.32. The first kappa shape index (κ1) is 40.5. The Balaban J connectivity index is 1.67. The number of hydrogen-bond donors (Lipinski definition) is 0. The van der Waals surface area contributed by atoms with Gasteiger partial charge in [0.1, 0.15) is 31.6 Å². The molecule has 5 aromatic rings. The Morgan fingerprint density at radius 1 is 0.815 bits per heavy atom. The molecule has 0 saturated carbocycles. The molecule has 0 saturated heterocycles. The molecular weight excluding hydrogens is 715 g/mol.